The first-order valence-corrected chi connectivity index (χ1v) is 6.79. The molecule has 0 bridgehead atoms. The van der Waals surface area contributed by atoms with Gasteiger partial charge in [0.15, 0.2) is 0 Å². The van der Waals surface area contributed by atoms with Crippen LogP contribution in [0.1, 0.15) is 48.0 Å². The predicted octanol–water partition coefficient (Wildman–Crippen LogP) is 4.83. The van der Waals surface area contributed by atoms with Crippen molar-refractivity contribution in [2.45, 2.75) is 48.0 Å². The Balaban J connectivity index is 2.42. The molecule has 0 amide bonds. The van der Waals surface area contributed by atoms with Crippen LogP contribution in [0.4, 0.5) is 0 Å². The molecule has 90 valence electrons. The van der Waals surface area contributed by atoms with Crippen LogP contribution in [0.2, 0.25) is 0 Å². The maximum absolute atomic E-state index is 2.57. The Morgan fingerprint density at radius 2 is 1.62 bits per heavy atom. The van der Waals surface area contributed by atoms with Crippen molar-refractivity contribution in [3.05, 3.63) is 22.8 Å². The third-order valence-electron chi connectivity index (χ3n) is 5.50. The molecular formula is C16H26. The van der Waals surface area contributed by atoms with Crippen LogP contribution < -0.4 is 0 Å². The molecule has 0 aromatic rings. The first kappa shape index (κ1) is 12.0. The van der Waals surface area contributed by atoms with Gasteiger partial charge in [-0.15, -0.1) is 0 Å². The van der Waals surface area contributed by atoms with E-state index in [0.29, 0.717) is 0 Å². The van der Waals surface area contributed by atoms with E-state index in [4.69, 9.17) is 0 Å². The summed E-state index contributed by atoms with van der Waals surface area (Å²) in [5.41, 5.74) is 4.97. The van der Waals surface area contributed by atoms with Gasteiger partial charge in [0.25, 0.3) is 0 Å². The summed E-state index contributed by atoms with van der Waals surface area (Å²) in [5.74, 6) is 3.99. The van der Waals surface area contributed by atoms with Crippen molar-refractivity contribution in [3.8, 4) is 0 Å². The summed E-state index contributed by atoms with van der Waals surface area (Å²) in [5, 5.41) is 0. The van der Waals surface area contributed by atoms with Gasteiger partial charge < -0.3 is 0 Å². The van der Waals surface area contributed by atoms with Crippen LogP contribution in [0.5, 0.6) is 0 Å². The standard InChI is InChI=1S/C16H26/c1-9-7-15-8-10(2)12(4)14(6)16(15)13(5)11(9)3/h7,10-11,13,15-16H,8H2,1-6H3/t10?,11?,13?,15-,16?/m0/s1. The number of hydrogen-bond donors (Lipinski definition) is 0. The second-order valence-electron chi connectivity index (χ2n) is 6.25. The number of fused-ring (bicyclic) bond motifs is 1. The van der Waals surface area contributed by atoms with Crippen LogP contribution in [0.15, 0.2) is 22.8 Å². The third-order valence-corrected chi connectivity index (χ3v) is 5.50. The summed E-state index contributed by atoms with van der Waals surface area (Å²) in [6.45, 7) is 14.3. The third kappa shape index (κ3) is 1.67. The largest absolute Gasteiger partial charge is 0.0816 e. The average Bonchev–Trinajstić information content (AvgIpc) is 2.23. The van der Waals surface area contributed by atoms with Gasteiger partial charge in [-0.25, -0.2) is 0 Å². The molecule has 0 heteroatoms. The van der Waals surface area contributed by atoms with Crippen molar-refractivity contribution in [3.63, 3.8) is 0 Å². The summed E-state index contributed by atoms with van der Waals surface area (Å²) in [7, 11) is 0. The van der Waals surface area contributed by atoms with E-state index in [1.54, 1.807) is 16.7 Å². The van der Waals surface area contributed by atoms with E-state index in [0.717, 1.165) is 29.6 Å². The van der Waals surface area contributed by atoms with Crippen molar-refractivity contribution < 1.29 is 0 Å². The summed E-state index contributed by atoms with van der Waals surface area (Å²) in [6.07, 6.45) is 3.93. The molecule has 0 saturated carbocycles. The van der Waals surface area contributed by atoms with Gasteiger partial charge in [0, 0.05) is 0 Å². The zero-order valence-electron chi connectivity index (χ0n) is 11.7. The van der Waals surface area contributed by atoms with Gasteiger partial charge >= 0.3 is 0 Å². The molecule has 0 saturated heterocycles. The Hall–Kier alpha value is -0.520. The fraction of sp³-hybridized carbons (Fsp3) is 0.750. The van der Waals surface area contributed by atoms with E-state index >= 15 is 0 Å². The van der Waals surface area contributed by atoms with Crippen molar-refractivity contribution in [2.24, 2.45) is 29.6 Å². The summed E-state index contributed by atoms with van der Waals surface area (Å²) in [4.78, 5) is 0. The molecule has 0 radical (unpaired) electrons. The molecule has 2 aliphatic rings. The maximum Gasteiger partial charge on any atom is -0.0109 e. The van der Waals surface area contributed by atoms with Crippen LogP contribution in [0, 0.1) is 29.6 Å². The van der Waals surface area contributed by atoms with Crippen molar-refractivity contribution in [1.82, 2.24) is 0 Å². The van der Waals surface area contributed by atoms with E-state index in [1.165, 1.54) is 6.42 Å². The molecule has 2 rings (SSSR count). The average molecular weight is 218 g/mol. The number of allylic oxidation sites excluding steroid dienone is 4. The lowest BCUT2D eigenvalue weighted by Crippen LogP contribution is -2.35. The fourth-order valence-corrected chi connectivity index (χ4v) is 3.88. The second kappa shape index (κ2) is 4.05. The van der Waals surface area contributed by atoms with Crippen molar-refractivity contribution in [2.75, 3.05) is 0 Å². The normalized spacial score (nSPS) is 44.1. The van der Waals surface area contributed by atoms with E-state index < -0.39 is 0 Å². The highest BCUT2D eigenvalue weighted by atomic mass is 14.4. The van der Waals surface area contributed by atoms with Crippen LogP contribution in [-0.2, 0) is 0 Å². The minimum atomic E-state index is 0.761. The Kier molecular flexibility index (Phi) is 3.03. The smallest absolute Gasteiger partial charge is 0.0109 e. The molecule has 2 aliphatic carbocycles. The lowest BCUT2D eigenvalue weighted by atomic mass is 9.60. The highest BCUT2D eigenvalue weighted by Gasteiger charge is 2.38. The van der Waals surface area contributed by atoms with Crippen LogP contribution in [0.25, 0.3) is 0 Å². The van der Waals surface area contributed by atoms with E-state index in [9.17, 15) is 0 Å². The second-order valence-corrected chi connectivity index (χ2v) is 6.25. The first-order valence-electron chi connectivity index (χ1n) is 6.79. The molecule has 4 unspecified atom stereocenters. The minimum Gasteiger partial charge on any atom is -0.0816 e. The van der Waals surface area contributed by atoms with Gasteiger partial charge in [-0.2, -0.15) is 0 Å². The molecule has 0 N–H and O–H groups in total. The van der Waals surface area contributed by atoms with Gasteiger partial charge in [-0.1, -0.05) is 43.6 Å². The molecule has 16 heavy (non-hydrogen) atoms. The highest BCUT2D eigenvalue weighted by molar-refractivity contribution is 5.27. The quantitative estimate of drug-likeness (QED) is 0.511. The van der Waals surface area contributed by atoms with Gasteiger partial charge in [0.2, 0.25) is 0 Å². The zero-order chi connectivity index (χ0) is 12.0. The molecule has 5 atom stereocenters. The molecule has 0 nitrogen and oxygen atoms in total. The lowest BCUT2D eigenvalue weighted by molar-refractivity contribution is 0.206. The van der Waals surface area contributed by atoms with Crippen LogP contribution >= 0.6 is 0 Å². The number of rotatable bonds is 0. The Labute approximate surface area is 101 Å². The predicted molar refractivity (Wildman–Crippen MR) is 71.2 cm³/mol. The topological polar surface area (TPSA) is 0 Å². The summed E-state index contributed by atoms with van der Waals surface area (Å²) in [6, 6.07) is 0. The molecular weight excluding hydrogens is 192 g/mol. The summed E-state index contributed by atoms with van der Waals surface area (Å²) >= 11 is 0. The van der Waals surface area contributed by atoms with E-state index in [1.807, 2.05) is 0 Å². The SMILES string of the molecule is CC1=C[C@H]2CC(C)C(C)=C(C)C2C(C)C1C. The first-order chi connectivity index (χ1) is 7.43. The molecule has 0 aromatic heterocycles. The van der Waals surface area contributed by atoms with Gasteiger partial charge in [0.05, 0.1) is 0 Å². The fourth-order valence-electron chi connectivity index (χ4n) is 3.88. The highest BCUT2D eigenvalue weighted by Crippen LogP contribution is 2.48. The zero-order valence-corrected chi connectivity index (χ0v) is 11.7. The Morgan fingerprint density at radius 1 is 1.00 bits per heavy atom. The molecule has 0 heterocycles. The Bertz CT molecular complexity index is 345. The van der Waals surface area contributed by atoms with Crippen molar-refractivity contribution in [1.29, 1.82) is 0 Å². The lowest BCUT2D eigenvalue weighted by Gasteiger charge is -2.45. The number of hydrogen-bond acceptors (Lipinski definition) is 0. The Morgan fingerprint density at radius 3 is 2.25 bits per heavy atom. The molecule has 0 spiro atoms. The van der Waals surface area contributed by atoms with E-state index in [-0.39, 0.29) is 0 Å². The molecule has 0 aliphatic heterocycles. The summed E-state index contributed by atoms with van der Waals surface area (Å²) < 4.78 is 0. The van der Waals surface area contributed by atoms with Crippen molar-refractivity contribution >= 4 is 0 Å². The van der Waals surface area contributed by atoms with E-state index in [2.05, 4.69) is 47.6 Å². The van der Waals surface area contributed by atoms with Crippen LogP contribution in [0.3, 0.4) is 0 Å². The van der Waals surface area contributed by atoms with Gasteiger partial charge in [-0.3, -0.25) is 0 Å². The molecule has 0 fully saturated rings. The van der Waals surface area contributed by atoms with Gasteiger partial charge in [-0.05, 0) is 56.8 Å². The minimum absolute atomic E-state index is 0.761. The van der Waals surface area contributed by atoms with Gasteiger partial charge in [0.1, 0.15) is 0 Å². The maximum atomic E-state index is 2.57. The van der Waals surface area contributed by atoms with Crippen LogP contribution in [-0.4, -0.2) is 0 Å². The molecule has 0 aromatic carbocycles. The monoisotopic (exact) mass is 218 g/mol.